The van der Waals surface area contributed by atoms with E-state index >= 15 is 0 Å². The van der Waals surface area contributed by atoms with E-state index in [2.05, 4.69) is 26.0 Å². The van der Waals surface area contributed by atoms with Crippen molar-refractivity contribution in [1.82, 2.24) is 9.78 Å². The zero-order chi connectivity index (χ0) is 16.4. The Morgan fingerprint density at radius 1 is 1.38 bits per heavy atom. The smallest absolute Gasteiger partial charge is 0.404 e. The monoisotopic (exact) mass is 374 g/mol. The maximum absolute atomic E-state index is 13.3. The molecule has 0 aliphatic heterocycles. The zero-order valence-electron chi connectivity index (χ0n) is 10.3. The molecule has 0 aromatic carbocycles. The third-order valence-corrected chi connectivity index (χ3v) is 2.76. The quantitative estimate of drug-likeness (QED) is 0.500. The average Bonchev–Trinajstić information content (AvgIpc) is 2.71. The number of aromatic nitrogens is 2. The lowest BCUT2D eigenvalue weighted by Crippen LogP contribution is -2.35. The third-order valence-electron chi connectivity index (χ3n) is 2.29. The molecule has 0 bridgehead atoms. The zero-order valence-corrected chi connectivity index (χ0v) is 11.9. The Hall–Kier alpha value is -1.78. The van der Waals surface area contributed by atoms with E-state index in [9.17, 15) is 26.7 Å². The maximum atomic E-state index is 13.3. The summed E-state index contributed by atoms with van der Waals surface area (Å²) < 4.78 is 64.6. The van der Waals surface area contributed by atoms with Gasteiger partial charge < -0.3 is 5.73 Å². The summed E-state index contributed by atoms with van der Waals surface area (Å²) in [6.45, 7) is 0. The van der Waals surface area contributed by atoms with Crippen LogP contribution in [0.1, 0.15) is 16.1 Å². The normalized spacial score (nSPS) is 14.0. The minimum absolute atomic E-state index is 0.158. The van der Waals surface area contributed by atoms with Crippen LogP contribution in [0.4, 0.5) is 27.8 Å². The number of rotatable bonds is 4. The van der Waals surface area contributed by atoms with E-state index in [4.69, 9.17) is 5.73 Å². The Morgan fingerprint density at radius 2 is 1.95 bits per heavy atom. The van der Waals surface area contributed by atoms with Gasteiger partial charge in [-0.25, -0.2) is 9.67 Å². The minimum Gasteiger partial charge on any atom is -0.404 e. The number of allylic oxidation sites excluding steroid dienone is 1. The summed E-state index contributed by atoms with van der Waals surface area (Å²) in [5.74, 6) is -5.72. The standard InChI is InChI=1S/C10H8BrF5N4O/c1-20-8(18-3-5(11)2-17)6(4-21)7(19-20)9(12,13)10(14,15)16/h2-4H,17H2,1H3. The van der Waals surface area contributed by atoms with Crippen molar-refractivity contribution in [2.75, 3.05) is 0 Å². The van der Waals surface area contributed by atoms with E-state index in [1.165, 1.54) is 0 Å². The van der Waals surface area contributed by atoms with Crippen molar-refractivity contribution < 1.29 is 26.7 Å². The highest BCUT2D eigenvalue weighted by molar-refractivity contribution is 9.12. The Bertz CT molecular complexity index is 605. The summed E-state index contributed by atoms with van der Waals surface area (Å²) in [5, 5.41) is 3.06. The maximum Gasteiger partial charge on any atom is 0.459 e. The Labute approximate surface area is 123 Å². The average molecular weight is 375 g/mol. The van der Waals surface area contributed by atoms with Crippen molar-refractivity contribution in [2.24, 2.45) is 17.8 Å². The van der Waals surface area contributed by atoms with Gasteiger partial charge in [0.1, 0.15) is 0 Å². The van der Waals surface area contributed by atoms with Crippen molar-refractivity contribution in [2.45, 2.75) is 12.1 Å². The van der Waals surface area contributed by atoms with Crippen molar-refractivity contribution in [1.29, 1.82) is 0 Å². The van der Waals surface area contributed by atoms with Gasteiger partial charge in [-0.2, -0.15) is 27.1 Å². The highest BCUT2D eigenvalue weighted by Gasteiger charge is 2.61. The second-order valence-electron chi connectivity index (χ2n) is 3.71. The van der Waals surface area contributed by atoms with Crippen molar-refractivity contribution in [3.63, 3.8) is 0 Å². The second-order valence-corrected chi connectivity index (χ2v) is 4.62. The molecular formula is C10H8BrF5N4O. The van der Waals surface area contributed by atoms with Crippen LogP contribution in [0, 0.1) is 0 Å². The van der Waals surface area contributed by atoms with Gasteiger partial charge in [-0.05, 0) is 15.9 Å². The number of hydrogen-bond donors (Lipinski definition) is 1. The highest BCUT2D eigenvalue weighted by Crippen LogP contribution is 2.45. The summed E-state index contributed by atoms with van der Waals surface area (Å²) in [4.78, 5) is 14.5. The molecule has 1 heterocycles. The minimum atomic E-state index is -5.88. The van der Waals surface area contributed by atoms with Gasteiger partial charge in [0.15, 0.2) is 17.8 Å². The Kier molecular flexibility index (Phi) is 4.87. The van der Waals surface area contributed by atoms with E-state index in [1.54, 1.807) is 0 Å². The number of nitrogens with zero attached hydrogens (tertiary/aromatic N) is 3. The molecule has 0 radical (unpaired) electrons. The van der Waals surface area contributed by atoms with Crippen LogP contribution in [0.15, 0.2) is 15.7 Å². The molecule has 0 spiro atoms. The molecule has 21 heavy (non-hydrogen) atoms. The lowest BCUT2D eigenvalue weighted by molar-refractivity contribution is -0.291. The van der Waals surface area contributed by atoms with Crippen LogP contribution in [0.5, 0.6) is 0 Å². The van der Waals surface area contributed by atoms with Gasteiger partial charge >= 0.3 is 12.1 Å². The molecular weight excluding hydrogens is 367 g/mol. The molecule has 0 saturated heterocycles. The molecule has 1 aromatic heterocycles. The first kappa shape index (κ1) is 17.3. The number of alkyl halides is 5. The molecule has 1 rings (SSSR count). The summed E-state index contributed by atoms with van der Waals surface area (Å²) in [6, 6.07) is 0. The molecule has 116 valence electrons. The third kappa shape index (κ3) is 3.28. The predicted molar refractivity (Wildman–Crippen MR) is 67.9 cm³/mol. The van der Waals surface area contributed by atoms with Gasteiger partial charge in [-0.3, -0.25) is 4.79 Å². The SMILES string of the molecule is Cn1nc(C(F)(F)C(F)(F)F)c(C=O)c1N=CC(Br)=CN. The fraction of sp³-hybridized carbons (Fsp3) is 0.300. The van der Waals surface area contributed by atoms with E-state index in [-0.39, 0.29) is 10.8 Å². The Morgan fingerprint density at radius 3 is 2.38 bits per heavy atom. The van der Waals surface area contributed by atoms with Gasteiger partial charge in [0.25, 0.3) is 0 Å². The molecule has 0 saturated carbocycles. The van der Waals surface area contributed by atoms with Crippen LogP contribution in [-0.2, 0) is 13.0 Å². The number of carbonyl (C=O) groups excluding carboxylic acids is 1. The van der Waals surface area contributed by atoms with Crippen molar-refractivity contribution >= 4 is 34.2 Å². The highest BCUT2D eigenvalue weighted by atomic mass is 79.9. The van der Waals surface area contributed by atoms with E-state index in [1.807, 2.05) is 0 Å². The van der Waals surface area contributed by atoms with Crippen LogP contribution in [-0.4, -0.2) is 28.5 Å². The molecule has 0 unspecified atom stereocenters. The lowest BCUT2D eigenvalue weighted by atomic mass is 10.1. The molecule has 0 aliphatic carbocycles. The lowest BCUT2D eigenvalue weighted by Gasteiger charge is -2.17. The Balaban J connectivity index is 3.47. The van der Waals surface area contributed by atoms with E-state index in [0.29, 0.717) is 4.68 Å². The van der Waals surface area contributed by atoms with Crippen molar-refractivity contribution in [3.8, 4) is 0 Å². The van der Waals surface area contributed by atoms with Crippen LogP contribution < -0.4 is 5.73 Å². The second kappa shape index (κ2) is 5.92. The largest absolute Gasteiger partial charge is 0.459 e. The summed E-state index contributed by atoms with van der Waals surface area (Å²) >= 11 is 2.92. The first-order valence-electron chi connectivity index (χ1n) is 5.15. The van der Waals surface area contributed by atoms with Gasteiger partial charge in [0.05, 0.1) is 10.0 Å². The van der Waals surface area contributed by atoms with Gasteiger partial charge in [-0.1, -0.05) is 0 Å². The molecule has 0 aliphatic rings. The number of aldehydes is 1. The number of aliphatic imine (C=N–C) groups is 1. The van der Waals surface area contributed by atoms with Gasteiger partial charge in [0.2, 0.25) is 0 Å². The molecule has 11 heteroatoms. The van der Waals surface area contributed by atoms with Gasteiger partial charge in [-0.15, -0.1) is 0 Å². The van der Waals surface area contributed by atoms with Crippen LogP contribution in [0.2, 0.25) is 0 Å². The first-order chi connectivity index (χ1) is 9.56. The molecule has 0 amide bonds. The van der Waals surface area contributed by atoms with Crippen LogP contribution >= 0.6 is 15.9 Å². The fourth-order valence-corrected chi connectivity index (χ4v) is 1.43. The molecule has 5 nitrogen and oxygen atoms in total. The van der Waals surface area contributed by atoms with Crippen LogP contribution in [0.25, 0.3) is 0 Å². The van der Waals surface area contributed by atoms with E-state index < -0.39 is 29.2 Å². The fourth-order valence-electron chi connectivity index (χ4n) is 1.33. The predicted octanol–water partition coefficient (Wildman–Crippen LogP) is 2.78. The molecule has 0 atom stereocenters. The molecule has 0 fully saturated rings. The number of carbonyl (C=O) groups is 1. The summed E-state index contributed by atoms with van der Waals surface area (Å²) in [6.07, 6.45) is -3.95. The van der Waals surface area contributed by atoms with Crippen LogP contribution in [0.3, 0.4) is 0 Å². The number of hydrogen-bond acceptors (Lipinski definition) is 4. The number of nitrogens with two attached hydrogens (primary N) is 1. The molecule has 1 aromatic rings. The summed E-state index contributed by atoms with van der Waals surface area (Å²) in [5.41, 5.74) is 2.46. The topological polar surface area (TPSA) is 73.3 Å². The first-order valence-corrected chi connectivity index (χ1v) is 5.94. The molecule has 2 N–H and O–H groups in total. The summed E-state index contributed by atoms with van der Waals surface area (Å²) in [7, 11) is 1.08. The number of halogens is 6. The van der Waals surface area contributed by atoms with Gasteiger partial charge in [0, 0.05) is 19.5 Å². The number of aryl methyl sites for hydroxylation is 1. The van der Waals surface area contributed by atoms with Crippen molar-refractivity contribution in [3.05, 3.63) is 21.9 Å². The van der Waals surface area contributed by atoms with E-state index in [0.717, 1.165) is 19.5 Å².